The Kier molecular flexibility index (Phi) is 4.17. The number of hydrogen-bond donors (Lipinski definition) is 0. The van der Waals surface area contributed by atoms with Crippen molar-refractivity contribution >= 4 is 17.0 Å². The molecule has 23 heavy (non-hydrogen) atoms. The SMILES string of the molecule is CCCn1c(N2CC(C)CC(C)C2)nc2c(C)nn(C)c2c1=O. The molecule has 2 aromatic rings. The van der Waals surface area contributed by atoms with E-state index in [-0.39, 0.29) is 5.56 Å². The van der Waals surface area contributed by atoms with Crippen LogP contribution < -0.4 is 10.5 Å². The second kappa shape index (κ2) is 5.98. The van der Waals surface area contributed by atoms with E-state index in [1.807, 2.05) is 18.5 Å². The number of aryl methyl sites for hydroxylation is 2. The zero-order valence-electron chi connectivity index (χ0n) is 14.8. The van der Waals surface area contributed by atoms with Gasteiger partial charge in [-0.15, -0.1) is 0 Å². The van der Waals surface area contributed by atoms with E-state index < -0.39 is 0 Å². The summed E-state index contributed by atoms with van der Waals surface area (Å²) in [6.07, 6.45) is 2.15. The lowest BCUT2D eigenvalue weighted by molar-refractivity contribution is 0.350. The van der Waals surface area contributed by atoms with Gasteiger partial charge in [0.05, 0.1) is 5.69 Å². The Morgan fingerprint density at radius 1 is 1.22 bits per heavy atom. The van der Waals surface area contributed by atoms with Crippen LogP contribution in [-0.4, -0.2) is 32.4 Å². The standard InChI is InChI=1S/C17H27N5O/c1-6-7-22-16(23)15-14(13(4)19-20(15)5)18-17(22)21-9-11(2)8-12(3)10-21/h11-12H,6-10H2,1-5H3. The number of anilines is 1. The van der Waals surface area contributed by atoms with Crippen LogP contribution in [0.2, 0.25) is 0 Å². The molecule has 126 valence electrons. The highest BCUT2D eigenvalue weighted by molar-refractivity contribution is 5.77. The van der Waals surface area contributed by atoms with Crippen molar-refractivity contribution in [1.29, 1.82) is 0 Å². The lowest BCUT2D eigenvalue weighted by Gasteiger charge is -2.36. The van der Waals surface area contributed by atoms with Crippen LogP contribution in [0.25, 0.3) is 11.0 Å². The monoisotopic (exact) mass is 317 g/mol. The molecule has 0 aliphatic carbocycles. The number of aromatic nitrogens is 4. The van der Waals surface area contributed by atoms with Gasteiger partial charge in [-0.1, -0.05) is 20.8 Å². The molecule has 6 nitrogen and oxygen atoms in total. The van der Waals surface area contributed by atoms with Crippen LogP contribution in [-0.2, 0) is 13.6 Å². The molecule has 0 aromatic carbocycles. The van der Waals surface area contributed by atoms with Crippen LogP contribution >= 0.6 is 0 Å². The average Bonchev–Trinajstić information content (AvgIpc) is 2.75. The first kappa shape index (κ1) is 16.0. The Hall–Kier alpha value is -1.85. The molecule has 2 atom stereocenters. The minimum atomic E-state index is 0.0285. The molecule has 1 fully saturated rings. The molecule has 1 aliphatic rings. The minimum Gasteiger partial charge on any atom is -0.342 e. The Labute approximate surface area is 137 Å². The van der Waals surface area contributed by atoms with Crippen LogP contribution in [0.15, 0.2) is 4.79 Å². The van der Waals surface area contributed by atoms with Gasteiger partial charge < -0.3 is 4.90 Å². The Morgan fingerprint density at radius 2 is 1.87 bits per heavy atom. The number of nitrogens with zero attached hydrogens (tertiary/aromatic N) is 5. The van der Waals surface area contributed by atoms with Gasteiger partial charge in [-0.05, 0) is 31.6 Å². The summed E-state index contributed by atoms with van der Waals surface area (Å²) in [6.45, 7) is 11.2. The molecular weight excluding hydrogens is 290 g/mol. The van der Waals surface area contributed by atoms with Crippen molar-refractivity contribution < 1.29 is 0 Å². The summed E-state index contributed by atoms with van der Waals surface area (Å²) in [5.74, 6) is 2.06. The Balaban J connectivity index is 2.20. The highest BCUT2D eigenvalue weighted by Gasteiger charge is 2.26. The summed E-state index contributed by atoms with van der Waals surface area (Å²) in [5, 5.41) is 4.39. The van der Waals surface area contributed by atoms with E-state index in [0.29, 0.717) is 23.9 Å². The zero-order chi connectivity index (χ0) is 16.7. The molecule has 1 saturated heterocycles. The second-order valence-electron chi connectivity index (χ2n) is 7.13. The van der Waals surface area contributed by atoms with Crippen molar-refractivity contribution in [2.24, 2.45) is 18.9 Å². The number of piperidine rings is 1. The van der Waals surface area contributed by atoms with E-state index in [4.69, 9.17) is 4.98 Å². The van der Waals surface area contributed by atoms with Crippen molar-refractivity contribution in [2.75, 3.05) is 18.0 Å². The van der Waals surface area contributed by atoms with E-state index in [2.05, 4.69) is 30.8 Å². The topological polar surface area (TPSA) is 56.0 Å². The van der Waals surface area contributed by atoms with Gasteiger partial charge in [-0.3, -0.25) is 14.0 Å². The van der Waals surface area contributed by atoms with Gasteiger partial charge in [-0.25, -0.2) is 4.98 Å². The molecule has 0 saturated carbocycles. The molecule has 0 N–H and O–H groups in total. The molecule has 0 radical (unpaired) electrons. The normalized spacial score (nSPS) is 22.0. The molecule has 6 heteroatoms. The zero-order valence-corrected chi connectivity index (χ0v) is 14.8. The molecule has 0 amide bonds. The first-order valence-electron chi connectivity index (χ1n) is 8.61. The highest BCUT2D eigenvalue weighted by atomic mass is 16.1. The maximum atomic E-state index is 13.0. The third kappa shape index (κ3) is 2.75. The first-order chi connectivity index (χ1) is 10.9. The molecule has 1 aliphatic heterocycles. The summed E-state index contributed by atoms with van der Waals surface area (Å²) in [5.41, 5.74) is 2.20. The summed E-state index contributed by atoms with van der Waals surface area (Å²) in [7, 11) is 1.82. The molecule has 0 spiro atoms. The van der Waals surface area contributed by atoms with Crippen molar-refractivity contribution in [3.05, 3.63) is 16.0 Å². The van der Waals surface area contributed by atoms with Gasteiger partial charge in [-0.2, -0.15) is 5.10 Å². The van der Waals surface area contributed by atoms with Gasteiger partial charge in [0.1, 0.15) is 5.52 Å². The van der Waals surface area contributed by atoms with E-state index in [1.54, 1.807) is 4.68 Å². The van der Waals surface area contributed by atoms with E-state index in [9.17, 15) is 4.79 Å². The Bertz CT molecular complexity index is 765. The van der Waals surface area contributed by atoms with E-state index >= 15 is 0 Å². The van der Waals surface area contributed by atoms with E-state index in [1.165, 1.54) is 6.42 Å². The molecule has 2 unspecified atom stereocenters. The summed E-state index contributed by atoms with van der Waals surface area (Å²) in [4.78, 5) is 20.2. The third-order valence-electron chi connectivity index (χ3n) is 4.69. The predicted octanol–water partition coefficient (Wildman–Crippen LogP) is 2.33. The van der Waals surface area contributed by atoms with Gasteiger partial charge >= 0.3 is 0 Å². The van der Waals surface area contributed by atoms with Crippen LogP contribution in [0.4, 0.5) is 5.95 Å². The third-order valence-corrected chi connectivity index (χ3v) is 4.69. The summed E-state index contributed by atoms with van der Waals surface area (Å²) < 4.78 is 3.51. The number of rotatable bonds is 3. The van der Waals surface area contributed by atoms with Gasteiger partial charge in [0, 0.05) is 26.7 Å². The Morgan fingerprint density at radius 3 is 2.48 bits per heavy atom. The van der Waals surface area contributed by atoms with Crippen LogP contribution in [0.5, 0.6) is 0 Å². The van der Waals surface area contributed by atoms with Gasteiger partial charge in [0.25, 0.3) is 5.56 Å². The summed E-state index contributed by atoms with van der Waals surface area (Å²) in [6, 6.07) is 0. The molecular formula is C17H27N5O. The lowest BCUT2D eigenvalue weighted by atomic mass is 9.92. The van der Waals surface area contributed by atoms with Gasteiger partial charge in [0.15, 0.2) is 5.52 Å². The van der Waals surface area contributed by atoms with Crippen molar-refractivity contribution in [3.8, 4) is 0 Å². The van der Waals surface area contributed by atoms with Crippen molar-refractivity contribution in [2.45, 2.75) is 47.1 Å². The summed E-state index contributed by atoms with van der Waals surface area (Å²) >= 11 is 0. The van der Waals surface area contributed by atoms with Crippen LogP contribution in [0.3, 0.4) is 0 Å². The molecule has 3 heterocycles. The maximum Gasteiger partial charge on any atom is 0.281 e. The number of fused-ring (bicyclic) bond motifs is 1. The first-order valence-corrected chi connectivity index (χ1v) is 8.61. The fraction of sp³-hybridized carbons (Fsp3) is 0.706. The smallest absolute Gasteiger partial charge is 0.281 e. The molecule has 2 aromatic heterocycles. The second-order valence-corrected chi connectivity index (χ2v) is 7.13. The van der Waals surface area contributed by atoms with Crippen molar-refractivity contribution in [1.82, 2.24) is 19.3 Å². The van der Waals surface area contributed by atoms with Crippen LogP contribution in [0, 0.1) is 18.8 Å². The lowest BCUT2D eigenvalue weighted by Crippen LogP contribution is -2.42. The highest BCUT2D eigenvalue weighted by Crippen LogP contribution is 2.26. The molecule has 0 bridgehead atoms. The number of hydrogen-bond acceptors (Lipinski definition) is 4. The average molecular weight is 317 g/mol. The molecule has 3 rings (SSSR count). The fourth-order valence-electron chi connectivity index (χ4n) is 3.89. The predicted molar refractivity (Wildman–Crippen MR) is 93.0 cm³/mol. The quantitative estimate of drug-likeness (QED) is 0.872. The largest absolute Gasteiger partial charge is 0.342 e. The van der Waals surface area contributed by atoms with Crippen molar-refractivity contribution in [3.63, 3.8) is 0 Å². The van der Waals surface area contributed by atoms with Gasteiger partial charge in [0.2, 0.25) is 5.95 Å². The minimum absolute atomic E-state index is 0.0285. The van der Waals surface area contributed by atoms with E-state index in [0.717, 1.165) is 36.7 Å². The maximum absolute atomic E-state index is 13.0. The van der Waals surface area contributed by atoms with Crippen LogP contribution in [0.1, 0.15) is 39.3 Å². The fourth-order valence-corrected chi connectivity index (χ4v) is 3.89.